The second-order valence-corrected chi connectivity index (χ2v) is 5.24. The van der Waals surface area contributed by atoms with Crippen molar-refractivity contribution in [3.05, 3.63) is 64.8 Å². The number of nitrogens with zero attached hydrogens (tertiary/aromatic N) is 3. The lowest BCUT2D eigenvalue weighted by Crippen LogP contribution is -2.28. The van der Waals surface area contributed by atoms with Crippen LogP contribution in [0.2, 0.25) is 5.02 Å². The monoisotopic (exact) mass is 318 g/mol. The summed E-state index contributed by atoms with van der Waals surface area (Å²) in [5.41, 5.74) is 0.612. The standard InChI is InChI=1S/C15H12ClFN4O/c1-9(14-20-19-13-4-2-3-7-21(13)14)18-15(22)11-6-5-10(16)8-12(11)17/h2-9H,1H3,(H,18,22)/t9-/m1/s1. The van der Waals surface area contributed by atoms with Crippen molar-refractivity contribution in [2.45, 2.75) is 13.0 Å². The molecule has 2 aromatic heterocycles. The Balaban J connectivity index is 1.84. The second kappa shape index (κ2) is 5.73. The first-order valence-electron chi connectivity index (χ1n) is 6.62. The first-order valence-corrected chi connectivity index (χ1v) is 6.99. The molecule has 0 fully saturated rings. The number of carbonyl (C=O) groups excluding carboxylic acids is 1. The number of hydrogen-bond donors (Lipinski definition) is 1. The fourth-order valence-corrected chi connectivity index (χ4v) is 2.33. The molecule has 0 saturated carbocycles. The summed E-state index contributed by atoms with van der Waals surface area (Å²) in [4.78, 5) is 12.2. The molecule has 1 aromatic carbocycles. The first-order chi connectivity index (χ1) is 10.6. The van der Waals surface area contributed by atoms with Crippen LogP contribution in [0.5, 0.6) is 0 Å². The number of amides is 1. The van der Waals surface area contributed by atoms with E-state index in [1.807, 2.05) is 18.2 Å². The van der Waals surface area contributed by atoms with Gasteiger partial charge in [-0.25, -0.2) is 4.39 Å². The molecule has 0 spiro atoms. The highest BCUT2D eigenvalue weighted by Gasteiger charge is 2.18. The summed E-state index contributed by atoms with van der Waals surface area (Å²) in [5, 5.41) is 11.0. The third-order valence-electron chi connectivity index (χ3n) is 3.25. The molecule has 0 bridgehead atoms. The molecule has 0 aliphatic rings. The van der Waals surface area contributed by atoms with Crippen molar-refractivity contribution in [1.29, 1.82) is 0 Å². The normalized spacial score (nSPS) is 12.3. The molecule has 0 aliphatic carbocycles. The minimum Gasteiger partial charge on any atom is -0.342 e. The summed E-state index contributed by atoms with van der Waals surface area (Å²) >= 11 is 5.68. The average Bonchev–Trinajstić information content (AvgIpc) is 2.91. The number of pyridine rings is 1. The van der Waals surface area contributed by atoms with Crippen molar-refractivity contribution < 1.29 is 9.18 Å². The molecule has 3 rings (SSSR count). The minimum atomic E-state index is -0.664. The van der Waals surface area contributed by atoms with E-state index in [1.54, 1.807) is 17.5 Å². The third-order valence-corrected chi connectivity index (χ3v) is 3.49. The van der Waals surface area contributed by atoms with E-state index in [-0.39, 0.29) is 10.6 Å². The van der Waals surface area contributed by atoms with Crippen LogP contribution in [0.25, 0.3) is 5.65 Å². The molecule has 0 saturated heterocycles. The van der Waals surface area contributed by atoms with E-state index in [9.17, 15) is 9.18 Å². The Bertz CT molecular complexity index is 848. The molecular weight excluding hydrogens is 307 g/mol. The molecule has 3 aromatic rings. The number of fused-ring (bicyclic) bond motifs is 1. The molecule has 22 heavy (non-hydrogen) atoms. The molecule has 1 N–H and O–H groups in total. The van der Waals surface area contributed by atoms with Crippen LogP contribution in [0.3, 0.4) is 0 Å². The highest BCUT2D eigenvalue weighted by atomic mass is 35.5. The van der Waals surface area contributed by atoms with Crippen LogP contribution < -0.4 is 5.32 Å². The van der Waals surface area contributed by atoms with Gasteiger partial charge in [-0.15, -0.1) is 10.2 Å². The predicted octanol–water partition coefficient (Wildman–Crippen LogP) is 3.01. The van der Waals surface area contributed by atoms with Gasteiger partial charge in [-0.1, -0.05) is 17.7 Å². The number of halogens is 2. The summed E-state index contributed by atoms with van der Waals surface area (Å²) in [7, 11) is 0. The largest absolute Gasteiger partial charge is 0.342 e. The number of aromatic nitrogens is 3. The molecule has 0 radical (unpaired) electrons. The zero-order valence-corrected chi connectivity index (χ0v) is 12.4. The molecule has 1 amide bonds. The minimum absolute atomic E-state index is 0.0647. The van der Waals surface area contributed by atoms with Crippen molar-refractivity contribution >= 4 is 23.2 Å². The van der Waals surface area contributed by atoms with E-state index in [1.165, 1.54) is 12.1 Å². The molecule has 112 valence electrons. The Kier molecular flexibility index (Phi) is 3.77. The number of carbonyl (C=O) groups is 1. The van der Waals surface area contributed by atoms with Gasteiger partial charge in [0, 0.05) is 11.2 Å². The Labute approximate surface area is 130 Å². The van der Waals surface area contributed by atoms with Crippen LogP contribution in [-0.2, 0) is 0 Å². The van der Waals surface area contributed by atoms with Crippen molar-refractivity contribution in [3.63, 3.8) is 0 Å². The molecule has 0 aliphatic heterocycles. The van der Waals surface area contributed by atoms with Gasteiger partial charge in [0.05, 0.1) is 11.6 Å². The Morgan fingerprint density at radius 1 is 1.32 bits per heavy atom. The fourth-order valence-electron chi connectivity index (χ4n) is 2.17. The highest BCUT2D eigenvalue weighted by molar-refractivity contribution is 6.30. The molecule has 2 heterocycles. The maximum absolute atomic E-state index is 13.8. The predicted molar refractivity (Wildman–Crippen MR) is 80.3 cm³/mol. The van der Waals surface area contributed by atoms with E-state index >= 15 is 0 Å². The maximum Gasteiger partial charge on any atom is 0.254 e. The average molecular weight is 319 g/mol. The van der Waals surface area contributed by atoms with Gasteiger partial charge in [0.15, 0.2) is 11.5 Å². The summed E-state index contributed by atoms with van der Waals surface area (Å²) in [5.74, 6) is -0.629. The van der Waals surface area contributed by atoms with Gasteiger partial charge in [0.2, 0.25) is 0 Å². The zero-order chi connectivity index (χ0) is 15.7. The first kappa shape index (κ1) is 14.5. The smallest absolute Gasteiger partial charge is 0.254 e. The Morgan fingerprint density at radius 2 is 2.14 bits per heavy atom. The van der Waals surface area contributed by atoms with Gasteiger partial charge in [0.25, 0.3) is 5.91 Å². The van der Waals surface area contributed by atoms with Crippen LogP contribution in [0.15, 0.2) is 42.6 Å². The Hall–Kier alpha value is -2.47. The molecule has 5 nitrogen and oxygen atoms in total. The van der Waals surface area contributed by atoms with Crippen LogP contribution in [0, 0.1) is 5.82 Å². The SMILES string of the molecule is C[C@@H](NC(=O)c1ccc(Cl)cc1F)c1nnc2ccccn12. The van der Waals surface area contributed by atoms with E-state index in [4.69, 9.17) is 11.6 Å². The third kappa shape index (κ3) is 2.65. The zero-order valence-electron chi connectivity index (χ0n) is 11.6. The number of benzene rings is 1. The van der Waals surface area contributed by atoms with E-state index in [2.05, 4.69) is 15.5 Å². The van der Waals surface area contributed by atoms with Crippen molar-refractivity contribution in [1.82, 2.24) is 19.9 Å². The highest BCUT2D eigenvalue weighted by Crippen LogP contribution is 2.17. The maximum atomic E-state index is 13.8. The van der Waals surface area contributed by atoms with E-state index in [0.29, 0.717) is 11.5 Å². The fraction of sp³-hybridized carbons (Fsp3) is 0.133. The number of hydrogen-bond acceptors (Lipinski definition) is 3. The summed E-state index contributed by atoms with van der Waals surface area (Å²) < 4.78 is 15.5. The van der Waals surface area contributed by atoms with Crippen LogP contribution in [0.4, 0.5) is 4.39 Å². The van der Waals surface area contributed by atoms with Crippen molar-refractivity contribution in [2.24, 2.45) is 0 Å². The summed E-state index contributed by atoms with van der Waals surface area (Å²) in [6, 6.07) is 8.99. The number of nitrogens with one attached hydrogen (secondary N) is 1. The lowest BCUT2D eigenvalue weighted by atomic mass is 10.2. The van der Waals surface area contributed by atoms with Crippen LogP contribution in [-0.4, -0.2) is 20.5 Å². The van der Waals surface area contributed by atoms with Gasteiger partial charge < -0.3 is 5.32 Å². The summed E-state index contributed by atoms with van der Waals surface area (Å²) in [6.45, 7) is 1.76. The molecular formula is C15H12ClFN4O. The molecule has 7 heteroatoms. The van der Waals surface area contributed by atoms with Crippen molar-refractivity contribution in [3.8, 4) is 0 Å². The quantitative estimate of drug-likeness (QED) is 0.807. The number of rotatable bonds is 3. The van der Waals surface area contributed by atoms with E-state index < -0.39 is 17.8 Å². The van der Waals surface area contributed by atoms with Crippen LogP contribution in [0.1, 0.15) is 29.1 Å². The van der Waals surface area contributed by atoms with E-state index in [0.717, 1.165) is 6.07 Å². The van der Waals surface area contributed by atoms with Crippen molar-refractivity contribution in [2.75, 3.05) is 0 Å². The lowest BCUT2D eigenvalue weighted by molar-refractivity contribution is 0.0934. The van der Waals surface area contributed by atoms with Gasteiger partial charge >= 0.3 is 0 Å². The molecule has 0 unspecified atom stereocenters. The molecule has 1 atom stereocenters. The topological polar surface area (TPSA) is 59.3 Å². The Morgan fingerprint density at radius 3 is 2.91 bits per heavy atom. The second-order valence-electron chi connectivity index (χ2n) is 4.81. The van der Waals surface area contributed by atoms with Gasteiger partial charge in [0.1, 0.15) is 5.82 Å². The summed E-state index contributed by atoms with van der Waals surface area (Å²) in [6.07, 6.45) is 1.80. The van der Waals surface area contributed by atoms with Crippen LogP contribution >= 0.6 is 11.6 Å². The lowest BCUT2D eigenvalue weighted by Gasteiger charge is -2.12. The van der Waals surface area contributed by atoms with Gasteiger partial charge in [-0.3, -0.25) is 9.20 Å². The van der Waals surface area contributed by atoms with Gasteiger partial charge in [-0.05, 0) is 37.3 Å². The van der Waals surface area contributed by atoms with Gasteiger partial charge in [-0.2, -0.15) is 0 Å².